The van der Waals surface area contributed by atoms with Gasteiger partial charge in [0.1, 0.15) is 0 Å². The lowest BCUT2D eigenvalue weighted by Crippen LogP contribution is -2.36. The number of hydrogen-bond acceptors (Lipinski definition) is 2. The predicted octanol–water partition coefficient (Wildman–Crippen LogP) is 4.81. The number of aromatic nitrogens is 1. The zero-order valence-corrected chi connectivity index (χ0v) is 13.4. The van der Waals surface area contributed by atoms with Crippen molar-refractivity contribution >= 4 is 5.70 Å². The van der Waals surface area contributed by atoms with E-state index in [1.807, 2.05) is 24.4 Å². The molecule has 0 bridgehead atoms. The van der Waals surface area contributed by atoms with Gasteiger partial charge in [-0.1, -0.05) is 31.7 Å². The summed E-state index contributed by atoms with van der Waals surface area (Å²) >= 11 is 0. The minimum atomic E-state index is 0.0587. The summed E-state index contributed by atoms with van der Waals surface area (Å²) in [4.78, 5) is 4.40. The van der Waals surface area contributed by atoms with Gasteiger partial charge in [-0.15, -0.1) is 0 Å². The van der Waals surface area contributed by atoms with Crippen LogP contribution in [0.25, 0.3) is 17.0 Å². The van der Waals surface area contributed by atoms with Crippen LogP contribution in [-0.4, -0.2) is 10.5 Å². The molecular weight excluding hydrogens is 256 g/mol. The molecule has 1 aromatic carbocycles. The molecule has 0 saturated heterocycles. The van der Waals surface area contributed by atoms with E-state index in [1.165, 1.54) is 5.56 Å². The summed E-state index contributed by atoms with van der Waals surface area (Å²) in [6, 6.07) is 12.4. The molecule has 0 spiro atoms. The molecule has 0 fully saturated rings. The van der Waals surface area contributed by atoms with E-state index in [0.29, 0.717) is 0 Å². The lowest BCUT2D eigenvalue weighted by molar-refractivity contribution is 0.437. The Hall–Kier alpha value is -2.09. The second-order valence-electron chi connectivity index (χ2n) is 6.09. The standard InChI is InChI=1S/C19H24N2/c1-6-19(4,5)21-15(3)17-11-10-16(13-14(17)2)18-9-7-8-12-20-18/h7-13,21H,3,6H2,1-2,4-5H3. The van der Waals surface area contributed by atoms with Crippen LogP contribution in [0.3, 0.4) is 0 Å². The van der Waals surface area contributed by atoms with Gasteiger partial charge in [0.25, 0.3) is 0 Å². The van der Waals surface area contributed by atoms with Crippen LogP contribution in [-0.2, 0) is 0 Å². The van der Waals surface area contributed by atoms with Crippen LogP contribution < -0.4 is 5.32 Å². The van der Waals surface area contributed by atoms with Crippen LogP contribution in [0.4, 0.5) is 0 Å². The molecule has 21 heavy (non-hydrogen) atoms. The van der Waals surface area contributed by atoms with Crippen LogP contribution >= 0.6 is 0 Å². The first-order valence-corrected chi connectivity index (χ1v) is 7.42. The maximum atomic E-state index is 4.40. The molecule has 2 heteroatoms. The van der Waals surface area contributed by atoms with Crippen molar-refractivity contribution in [2.75, 3.05) is 0 Å². The third-order valence-electron chi connectivity index (χ3n) is 3.89. The van der Waals surface area contributed by atoms with E-state index in [2.05, 4.69) is 62.8 Å². The Morgan fingerprint density at radius 1 is 1.24 bits per heavy atom. The highest BCUT2D eigenvalue weighted by Crippen LogP contribution is 2.24. The molecule has 1 heterocycles. The molecule has 110 valence electrons. The zero-order chi connectivity index (χ0) is 15.5. The minimum absolute atomic E-state index is 0.0587. The quantitative estimate of drug-likeness (QED) is 0.850. The first-order chi connectivity index (χ1) is 9.93. The number of pyridine rings is 1. The van der Waals surface area contributed by atoms with E-state index in [9.17, 15) is 0 Å². The molecule has 0 atom stereocenters. The molecule has 2 aromatic rings. The first kappa shape index (κ1) is 15.3. The molecule has 0 saturated carbocycles. The summed E-state index contributed by atoms with van der Waals surface area (Å²) in [7, 11) is 0. The number of nitrogens with zero attached hydrogens (tertiary/aromatic N) is 1. The van der Waals surface area contributed by atoms with Gasteiger partial charge in [-0.3, -0.25) is 4.98 Å². The van der Waals surface area contributed by atoms with Gasteiger partial charge in [0, 0.05) is 23.0 Å². The van der Waals surface area contributed by atoms with E-state index < -0.39 is 0 Å². The Labute approximate surface area is 127 Å². The number of nitrogens with one attached hydrogen (secondary N) is 1. The summed E-state index contributed by atoms with van der Waals surface area (Å²) in [5.74, 6) is 0. The Morgan fingerprint density at radius 3 is 2.57 bits per heavy atom. The van der Waals surface area contributed by atoms with Gasteiger partial charge in [-0.05, 0) is 56.5 Å². The van der Waals surface area contributed by atoms with Crippen molar-refractivity contribution in [2.45, 2.75) is 39.7 Å². The van der Waals surface area contributed by atoms with Crippen molar-refractivity contribution in [2.24, 2.45) is 0 Å². The second-order valence-corrected chi connectivity index (χ2v) is 6.09. The normalized spacial score (nSPS) is 11.2. The van der Waals surface area contributed by atoms with E-state index >= 15 is 0 Å². The van der Waals surface area contributed by atoms with Crippen LogP contribution in [0.1, 0.15) is 38.3 Å². The van der Waals surface area contributed by atoms with Crippen LogP contribution in [0.2, 0.25) is 0 Å². The van der Waals surface area contributed by atoms with Crippen molar-refractivity contribution in [3.05, 3.63) is 60.3 Å². The molecular formula is C19H24N2. The highest BCUT2D eigenvalue weighted by molar-refractivity contribution is 5.70. The van der Waals surface area contributed by atoms with Crippen LogP contribution in [0.15, 0.2) is 49.2 Å². The maximum absolute atomic E-state index is 4.40. The summed E-state index contributed by atoms with van der Waals surface area (Å²) in [6.45, 7) is 12.9. The highest BCUT2D eigenvalue weighted by atomic mass is 15.0. The number of rotatable bonds is 5. The second kappa shape index (κ2) is 6.13. The summed E-state index contributed by atoms with van der Waals surface area (Å²) in [5.41, 5.74) is 5.55. The summed E-state index contributed by atoms with van der Waals surface area (Å²) in [5, 5.41) is 3.51. The minimum Gasteiger partial charge on any atom is -0.380 e. The Bertz CT molecular complexity index is 627. The third-order valence-corrected chi connectivity index (χ3v) is 3.89. The SMILES string of the molecule is C=C(NC(C)(C)CC)c1ccc(-c2ccccn2)cc1C. The van der Waals surface area contributed by atoms with Crippen LogP contribution in [0, 0.1) is 6.92 Å². The van der Waals surface area contributed by atoms with Crippen molar-refractivity contribution < 1.29 is 0 Å². The third kappa shape index (κ3) is 3.72. The maximum Gasteiger partial charge on any atom is 0.0702 e. The van der Waals surface area contributed by atoms with Gasteiger partial charge in [0.15, 0.2) is 0 Å². The lowest BCUT2D eigenvalue weighted by Gasteiger charge is -2.28. The molecule has 1 N–H and O–H groups in total. The number of benzene rings is 1. The smallest absolute Gasteiger partial charge is 0.0702 e. The highest BCUT2D eigenvalue weighted by Gasteiger charge is 2.16. The largest absolute Gasteiger partial charge is 0.380 e. The fourth-order valence-electron chi connectivity index (χ4n) is 2.26. The van der Waals surface area contributed by atoms with Gasteiger partial charge in [0.05, 0.1) is 5.69 Å². The molecule has 2 nitrogen and oxygen atoms in total. The summed E-state index contributed by atoms with van der Waals surface area (Å²) < 4.78 is 0. The molecule has 0 unspecified atom stereocenters. The molecule has 0 aliphatic heterocycles. The fraction of sp³-hybridized carbons (Fsp3) is 0.316. The molecule has 2 rings (SSSR count). The fourth-order valence-corrected chi connectivity index (χ4v) is 2.26. The van der Waals surface area contributed by atoms with Crippen molar-refractivity contribution in [3.63, 3.8) is 0 Å². The average Bonchev–Trinajstić information content (AvgIpc) is 2.47. The zero-order valence-electron chi connectivity index (χ0n) is 13.4. The molecule has 0 aliphatic carbocycles. The summed E-state index contributed by atoms with van der Waals surface area (Å²) in [6.07, 6.45) is 2.87. The molecule has 0 aliphatic rings. The molecule has 0 radical (unpaired) electrons. The Morgan fingerprint density at radius 2 is 2.00 bits per heavy atom. The number of hydrogen-bond donors (Lipinski definition) is 1. The van der Waals surface area contributed by atoms with Crippen LogP contribution in [0.5, 0.6) is 0 Å². The van der Waals surface area contributed by atoms with Crippen molar-refractivity contribution in [3.8, 4) is 11.3 Å². The van der Waals surface area contributed by atoms with Gasteiger partial charge < -0.3 is 5.32 Å². The van der Waals surface area contributed by atoms with Gasteiger partial charge in [-0.25, -0.2) is 0 Å². The average molecular weight is 280 g/mol. The van der Waals surface area contributed by atoms with Gasteiger partial charge in [-0.2, -0.15) is 0 Å². The molecule has 1 aromatic heterocycles. The van der Waals surface area contributed by atoms with Gasteiger partial charge in [0.2, 0.25) is 0 Å². The lowest BCUT2D eigenvalue weighted by atomic mass is 9.97. The van der Waals surface area contributed by atoms with E-state index in [1.54, 1.807) is 0 Å². The molecule has 0 amide bonds. The first-order valence-electron chi connectivity index (χ1n) is 7.42. The topological polar surface area (TPSA) is 24.9 Å². The van der Waals surface area contributed by atoms with E-state index in [0.717, 1.165) is 28.9 Å². The monoisotopic (exact) mass is 280 g/mol. The Balaban J connectivity index is 2.26. The Kier molecular flexibility index (Phi) is 4.46. The van der Waals surface area contributed by atoms with Gasteiger partial charge >= 0.3 is 0 Å². The predicted molar refractivity (Wildman–Crippen MR) is 90.9 cm³/mol. The van der Waals surface area contributed by atoms with Crippen molar-refractivity contribution in [1.82, 2.24) is 10.3 Å². The number of aryl methyl sites for hydroxylation is 1. The van der Waals surface area contributed by atoms with E-state index in [4.69, 9.17) is 0 Å². The van der Waals surface area contributed by atoms with E-state index in [-0.39, 0.29) is 5.54 Å². The van der Waals surface area contributed by atoms with Crippen molar-refractivity contribution in [1.29, 1.82) is 0 Å².